The second kappa shape index (κ2) is 6.66. The second-order valence-electron chi connectivity index (χ2n) is 11.6. The van der Waals surface area contributed by atoms with Crippen LogP contribution in [-0.4, -0.2) is 68.7 Å². The number of amides is 2. The summed E-state index contributed by atoms with van der Waals surface area (Å²) in [5, 5.41) is 23.4. The van der Waals surface area contributed by atoms with Gasteiger partial charge in [-0.05, 0) is 80.8 Å². The largest absolute Gasteiger partial charge is 0.504 e. The van der Waals surface area contributed by atoms with Crippen molar-refractivity contribution in [1.29, 1.82) is 0 Å². The van der Waals surface area contributed by atoms with Gasteiger partial charge < -0.3 is 14.9 Å². The van der Waals surface area contributed by atoms with E-state index in [0.29, 0.717) is 37.4 Å². The lowest BCUT2D eigenvalue weighted by molar-refractivity contribution is -0.196. The molecule has 6 aliphatic rings. The minimum Gasteiger partial charge on any atom is -0.504 e. The minimum absolute atomic E-state index is 0.0157. The van der Waals surface area contributed by atoms with E-state index >= 15 is 0 Å². The normalized spacial score (nSPS) is 36.1. The van der Waals surface area contributed by atoms with Crippen molar-refractivity contribution in [3.63, 3.8) is 0 Å². The number of aliphatic hydroxyl groups is 1. The molecule has 2 N–H and O–H groups in total. The maximum absolute atomic E-state index is 13.9. The smallest absolute Gasteiger partial charge is 0.262 e. The van der Waals surface area contributed by atoms with Crippen molar-refractivity contribution in [2.45, 2.75) is 67.7 Å². The van der Waals surface area contributed by atoms with Gasteiger partial charge in [-0.15, -0.1) is 0 Å². The number of fused-ring (bicyclic) bond motifs is 1. The first-order valence-electron chi connectivity index (χ1n) is 13.0. The van der Waals surface area contributed by atoms with E-state index < -0.39 is 40.8 Å². The molecular weight excluding hydrogens is 463 g/mol. The number of piperidine rings is 1. The Hall–Kier alpha value is -2.97. The summed E-state index contributed by atoms with van der Waals surface area (Å²) in [6.07, 6.45) is 3.88. The van der Waals surface area contributed by atoms with Gasteiger partial charge in [0.05, 0.1) is 28.2 Å². The van der Waals surface area contributed by atoms with Gasteiger partial charge >= 0.3 is 0 Å². The summed E-state index contributed by atoms with van der Waals surface area (Å²) in [5.74, 6) is -0.467. The molecule has 8 heteroatoms. The van der Waals surface area contributed by atoms with Crippen LogP contribution in [0.2, 0.25) is 0 Å². The first kappa shape index (κ1) is 21.1. The first-order valence-corrected chi connectivity index (χ1v) is 13.0. The number of phenols is 1. The predicted molar refractivity (Wildman–Crippen MR) is 125 cm³/mol. The van der Waals surface area contributed by atoms with Crippen molar-refractivity contribution >= 4 is 11.8 Å². The molecule has 0 radical (unpaired) electrons. The van der Waals surface area contributed by atoms with Gasteiger partial charge in [-0.25, -0.2) is 4.39 Å². The third-order valence-electron chi connectivity index (χ3n) is 9.94. The molecule has 5 atom stereocenters. The van der Waals surface area contributed by atoms with Crippen LogP contribution in [-0.2, 0) is 11.8 Å². The quantitative estimate of drug-likeness (QED) is 0.644. The molecule has 1 spiro atoms. The SMILES string of the molecule is O=C1c2ccc(F)cc2C(=O)N1[C@@H]1CCC2(O)[C@H]3Cc4ccc(O)c5c4[C@@]2(CCN3CC2CC2)[C@H]1O5. The molecule has 7 nitrogen and oxygen atoms in total. The molecule has 186 valence electrons. The van der Waals surface area contributed by atoms with Crippen molar-refractivity contribution in [1.82, 2.24) is 9.80 Å². The zero-order valence-corrected chi connectivity index (χ0v) is 19.7. The number of carbonyl (C=O) groups excluding carboxylic acids is 2. The molecule has 0 aromatic heterocycles. The molecule has 2 bridgehead atoms. The zero-order valence-electron chi connectivity index (χ0n) is 19.7. The molecule has 2 saturated carbocycles. The number of rotatable bonds is 3. The van der Waals surface area contributed by atoms with Gasteiger partial charge in [0.15, 0.2) is 11.5 Å². The van der Waals surface area contributed by atoms with E-state index in [1.807, 2.05) is 6.07 Å². The standard InChI is InChI=1S/C28H27FN2O5/c29-16-4-5-17-18(12-16)26(34)31(25(17)33)19-7-8-28(35)21-11-15-3-6-20(32)23-22(15)27(28,24(19)36-23)9-10-30(21)13-14-1-2-14/h3-6,12,14,19,21,24,32,35H,1-2,7-11,13H2/t19-,21-,24+,27+,28?/m1/s1. The van der Waals surface area contributed by atoms with Crippen molar-refractivity contribution in [3.8, 4) is 11.5 Å². The molecule has 3 heterocycles. The number of phenolic OH excluding ortho intramolecular Hbond substituents is 1. The Morgan fingerprint density at radius 1 is 1.06 bits per heavy atom. The van der Waals surface area contributed by atoms with Crippen molar-refractivity contribution in [2.24, 2.45) is 5.92 Å². The maximum Gasteiger partial charge on any atom is 0.262 e. The van der Waals surface area contributed by atoms with E-state index in [0.717, 1.165) is 30.3 Å². The lowest BCUT2D eigenvalue weighted by Gasteiger charge is -2.64. The molecule has 3 fully saturated rings. The van der Waals surface area contributed by atoms with Crippen molar-refractivity contribution in [2.75, 3.05) is 13.1 Å². The third kappa shape index (κ3) is 2.35. The van der Waals surface area contributed by atoms with Crippen LogP contribution in [0, 0.1) is 11.7 Å². The average molecular weight is 491 g/mol. The Morgan fingerprint density at radius 3 is 2.67 bits per heavy atom. The van der Waals surface area contributed by atoms with Crippen molar-refractivity contribution < 1.29 is 28.9 Å². The number of likely N-dealkylation sites (tertiary alicyclic amines) is 1. The van der Waals surface area contributed by atoms with E-state index in [9.17, 15) is 24.2 Å². The van der Waals surface area contributed by atoms with E-state index in [4.69, 9.17) is 4.74 Å². The Balaban J connectivity index is 1.27. The Labute approximate surface area is 207 Å². The summed E-state index contributed by atoms with van der Waals surface area (Å²) in [4.78, 5) is 30.6. The number of hydrogen-bond donors (Lipinski definition) is 2. The van der Waals surface area contributed by atoms with Gasteiger partial charge in [-0.1, -0.05) is 6.07 Å². The molecular formula is C28H27FN2O5. The lowest BCUT2D eigenvalue weighted by atomic mass is 9.48. The Bertz CT molecular complexity index is 1370. The van der Waals surface area contributed by atoms with E-state index in [1.54, 1.807) is 6.07 Å². The summed E-state index contributed by atoms with van der Waals surface area (Å²) in [6.45, 7) is 1.76. The topological polar surface area (TPSA) is 90.3 Å². The fourth-order valence-electron chi connectivity index (χ4n) is 8.25. The van der Waals surface area contributed by atoms with Gasteiger partial charge in [0.1, 0.15) is 11.9 Å². The average Bonchev–Trinajstić information content (AvgIpc) is 3.55. The predicted octanol–water partition coefficient (Wildman–Crippen LogP) is 2.76. The molecule has 2 aromatic carbocycles. The molecule has 2 amide bonds. The molecule has 1 saturated heterocycles. The maximum atomic E-state index is 13.9. The highest BCUT2D eigenvalue weighted by Crippen LogP contribution is 2.66. The monoisotopic (exact) mass is 490 g/mol. The lowest BCUT2D eigenvalue weighted by Crippen LogP contribution is -2.78. The van der Waals surface area contributed by atoms with Crippen LogP contribution in [0.3, 0.4) is 0 Å². The number of carbonyl (C=O) groups is 2. The summed E-state index contributed by atoms with van der Waals surface area (Å²) in [7, 11) is 0. The number of hydrogen-bond acceptors (Lipinski definition) is 6. The summed E-state index contributed by atoms with van der Waals surface area (Å²) in [5.41, 5.74) is 0.244. The molecule has 8 rings (SSSR count). The molecule has 2 aromatic rings. The van der Waals surface area contributed by atoms with Gasteiger partial charge in [-0.3, -0.25) is 19.4 Å². The molecule has 3 aliphatic heterocycles. The highest BCUT2D eigenvalue weighted by molar-refractivity contribution is 6.21. The fourth-order valence-corrected chi connectivity index (χ4v) is 8.25. The number of nitrogens with zero attached hydrogens (tertiary/aromatic N) is 2. The summed E-state index contributed by atoms with van der Waals surface area (Å²) < 4.78 is 20.4. The highest BCUT2D eigenvalue weighted by Gasteiger charge is 2.74. The number of imide groups is 1. The minimum atomic E-state index is -1.10. The van der Waals surface area contributed by atoms with E-state index in [2.05, 4.69) is 4.90 Å². The molecule has 1 unspecified atom stereocenters. The van der Waals surface area contributed by atoms with Gasteiger partial charge in [0.2, 0.25) is 0 Å². The number of halogens is 1. The number of ether oxygens (including phenoxy) is 1. The van der Waals surface area contributed by atoms with Crippen LogP contribution >= 0.6 is 0 Å². The first-order chi connectivity index (χ1) is 17.3. The van der Waals surface area contributed by atoms with Gasteiger partial charge in [-0.2, -0.15) is 0 Å². The van der Waals surface area contributed by atoms with Crippen LogP contribution in [0.1, 0.15) is 63.9 Å². The van der Waals surface area contributed by atoms with Crippen LogP contribution in [0.4, 0.5) is 4.39 Å². The van der Waals surface area contributed by atoms with E-state index in [-0.39, 0.29) is 22.9 Å². The molecule has 36 heavy (non-hydrogen) atoms. The van der Waals surface area contributed by atoms with Crippen LogP contribution in [0.15, 0.2) is 30.3 Å². The highest BCUT2D eigenvalue weighted by atomic mass is 19.1. The van der Waals surface area contributed by atoms with Crippen molar-refractivity contribution in [3.05, 3.63) is 58.4 Å². The number of benzene rings is 2. The Morgan fingerprint density at radius 2 is 1.86 bits per heavy atom. The summed E-state index contributed by atoms with van der Waals surface area (Å²) in [6, 6.07) is 6.54. The van der Waals surface area contributed by atoms with Crippen LogP contribution < -0.4 is 4.74 Å². The van der Waals surface area contributed by atoms with E-state index in [1.165, 1.54) is 29.9 Å². The Kier molecular flexibility index (Phi) is 3.91. The number of aromatic hydroxyl groups is 1. The fraction of sp³-hybridized carbons (Fsp3) is 0.500. The second-order valence-corrected chi connectivity index (χ2v) is 11.6. The van der Waals surface area contributed by atoms with Gasteiger partial charge in [0, 0.05) is 18.2 Å². The van der Waals surface area contributed by atoms with Crippen LogP contribution in [0.25, 0.3) is 0 Å². The van der Waals surface area contributed by atoms with Gasteiger partial charge in [0.25, 0.3) is 11.8 Å². The van der Waals surface area contributed by atoms with Crippen LogP contribution in [0.5, 0.6) is 11.5 Å². The summed E-state index contributed by atoms with van der Waals surface area (Å²) >= 11 is 0. The third-order valence-corrected chi connectivity index (χ3v) is 9.94. The molecule has 3 aliphatic carbocycles. The zero-order chi connectivity index (χ0) is 24.6.